The summed E-state index contributed by atoms with van der Waals surface area (Å²) in [5.74, 6) is 1.18. The van der Waals surface area contributed by atoms with Crippen molar-refractivity contribution in [2.45, 2.75) is 25.8 Å². The van der Waals surface area contributed by atoms with Gasteiger partial charge in [0.25, 0.3) is 0 Å². The van der Waals surface area contributed by atoms with Crippen LogP contribution < -0.4 is 5.32 Å². The fourth-order valence-corrected chi connectivity index (χ4v) is 2.54. The number of hydrogen-bond acceptors (Lipinski definition) is 3. The Morgan fingerprint density at radius 2 is 2.19 bits per heavy atom. The molecule has 5 nitrogen and oxygen atoms in total. The van der Waals surface area contributed by atoms with E-state index in [2.05, 4.69) is 27.7 Å². The summed E-state index contributed by atoms with van der Waals surface area (Å²) < 4.78 is 1.88. The normalized spacial score (nSPS) is 17.0. The minimum atomic E-state index is 0.0640. The average Bonchev–Trinajstić information content (AvgIpc) is 3.17. The van der Waals surface area contributed by atoms with Gasteiger partial charge < -0.3 is 5.32 Å². The molecule has 0 saturated carbocycles. The van der Waals surface area contributed by atoms with Crippen LogP contribution in [-0.2, 0) is 11.3 Å². The SMILES string of the molecule is O=C(C[C@H]1C=CCC1)NCc1nncn1-c1ccccc1. The second kappa shape index (κ2) is 6.35. The molecule has 1 amide bonds. The van der Waals surface area contributed by atoms with Crippen LogP contribution in [0.5, 0.6) is 0 Å². The van der Waals surface area contributed by atoms with E-state index in [0.717, 1.165) is 24.4 Å². The number of hydrogen-bond donors (Lipinski definition) is 1. The largest absolute Gasteiger partial charge is 0.349 e. The van der Waals surface area contributed by atoms with Gasteiger partial charge >= 0.3 is 0 Å². The highest BCUT2D eigenvalue weighted by Crippen LogP contribution is 2.20. The quantitative estimate of drug-likeness (QED) is 0.856. The van der Waals surface area contributed by atoms with E-state index in [-0.39, 0.29) is 5.91 Å². The minimum absolute atomic E-state index is 0.0640. The van der Waals surface area contributed by atoms with Gasteiger partial charge in [0.15, 0.2) is 5.82 Å². The molecule has 21 heavy (non-hydrogen) atoms. The molecule has 5 heteroatoms. The van der Waals surface area contributed by atoms with Crippen molar-refractivity contribution >= 4 is 5.91 Å². The molecule has 0 saturated heterocycles. The Labute approximate surface area is 123 Å². The molecule has 1 N–H and O–H groups in total. The standard InChI is InChI=1S/C16H18N4O/c21-16(10-13-6-4-5-7-13)17-11-15-19-18-12-20(15)14-8-2-1-3-9-14/h1-4,6,8-9,12-13H,5,7,10-11H2,(H,17,21)/t13-/m0/s1. The number of benzene rings is 1. The molecule has 3 rings (SSSR count). The maximum absolute atomic E-state index is 11.9. The predicted octanol–water partition coefficient (Wildman–Crippen LogP) is 2.24. The van der Waals surface area contributed by atoms with Crippen molar-refractivity contribution in [3.8, 4) is 5.69 Å². The summed E-state index contributed by atoms with van der Waals surface area (Å²) in [5, 5.41) is 10.9. The highest BCUT2D eigenvalue weighted by molar-refractivity contribution is 5.76. The molecule has 0 radical (unpaired) electrons. The monoisotopic (exact) mass is 282 g/mol. The van der Waals surface area contributed by atoms with Crippen molar-refractivity contribution in [2.75, 3.05) is 0 Å². The van der Waals surface area contributed by atoms with Crippen LogP contribution in [0.25, 0.3) is 5.69 Å². The molecule has 1 aliphatic carbocycles. The molecule has 108 valence electrons. The molecule has 0 spiro atoms. The van der Waals surface area contributed by atoms with E-state index < -0.39 is 0 Å². The van der Waals surface area contributed by atoms with Gasteiger partial charge in [-0.3, -0.25) is 9.36 Å². The Hall–Kier alpha value is -2.43. The third kappa shape index (κ3) is 3.37. The molecule has 2 aromatic rings. The highest BCUT2D eigenvalue weighted by Gasteiger charge is 2.14. The number of carbonyl (C=O) groups is 1. The summed E-state index contributed by atoms with van der Waals surface area (Å²) in [6.07, 6.45) is 8.65. The number of rotatable bonds is 5. The number of aromatic nitrogens is 3. The van der Waals surface area contributed by atoms with Crippen LogP contribution in [0.15, 0.2) is 48.8 Å². The van der Waals surface area contributed by atoms with E-state index in [1.165, 1.54) is 0 Å². The lowest BCUT2D eigenvalue weighted by molar-refractivity contribution is -0.121. The van der Waals surface area contributed by atoms with Crippen LogP contribution >= 0.6 is 0 Å². The predicted molar refractivity (Wildman–Crippen MR) is 79.7 cm³/mol. The van der Waals surface area contributed by atoms with Gasteiger partial charge in [-0.05, 0) is 30.9 Å². The second-order valence-electron chi connectivity index (χ2n) is 5.20. The van der Waals surface area contributed by atoms with E-state index in [1.54, 1.807) is 6.33 Å². The summed E-state index contributed by atoms with van der Waals surface area (Å²) >= 11 is 0. The van der Waals surface area contributed by atoms with Crippen LogP contribution in [0.4, 0.5) is 0 Å². The Morgan fingerprint density at radius 3 is 2.95 bits per heavy atom. The number of amides is 1. The molecule has 0 unspecified atom stereocenters. The molecular weight excluding hydrogens is 264 g/mol. The Kier molecular flexibility index (Phi) is 4.09. The van der Waals surface area contributed by atoms with Crippen molar-refractivity contribution < 1.29 is 4.79 Å². The number of nitrogens with zero attached hydrogens (tertiary/aromatic N) is 3. The number of carbonyl (C=O) groups excluding carboxylic acids is 1. The average molecular weight is 282 g/mol. The van der Waals surface area contributed by atoms with Gasteiger partial charge in [-0.25, -0.2) is 0 Å². The maximum atomic E-state index is 11.9. The van der Waals surface area contributed by atoms with E-state index in [0.29, 0.717) is 18.9 Å². The van der Waals surface area contributed by atoms with E-state index in [1.807, 2.05) is 34.9 Å². The third-order valence-electron chi connectivity index (χ3n) is 3.66. The van der Waals surface area contributed by atoms with Gasteiger partial charge in [0.2, 0.25) is 5.91 Å². The maximum Gasteiger partial charge on any atom is 0.220 e. The molecule has 1 heterocycles. The first-order chi connectivity index (χ1) is 10.3. The van der Waals surface area contributed by atoms with Gasteiger partial charge in [-0.15, -0.1) is 10.2 Å². The fraction of sp³-hybridized carbons (Fsp3) is 0.312. The molecule has 0 fully saturated rings. The molecule has 0 bridgehead atoms. The van der Waals surface area contributed by atoms with Gasteiger partial charge in [0.05, 0.1) is 6.54 Å². The third-order valence-corrected chi connectivity index (χ3v) is 3.66. The molecule has 1 aromatic heterocycles. The van der Waals surface area contributed by atoms with Crippen LogP contribution in [0.2, 0.25) is 0 Å². The topological polar surface area (TPSA) is 59.8 Å². The van der Waals surface area contributed by atoms with Crippen molar-refractivity contribution in [3.63, 3.8) is 0 Å². The van der Waals surface area contributed by atoms with E-state index in [4.69, 9.17) is 0 Å². The Balaban J connectivity index is 1.60. The van der Waals surface area contributed by atoms with Gasteiger partial charge in [0.1, 0.15) is 6.33 Å². The van der Waals surface area contributed by atoms with Crippen LogP contribution in [0.3, 0.4) is 0 Å². The Morgan fingerprint density at radius 1 is 1.33 bits per heavy atom. The highest BCUT2D eigenvalue weighted by atomic mass is 16.1. The number of para-hydroxylation sites is 1. The Bertz CT molecular complexity index is 633. The summed E-state index contributed by atoms with van der Waals surface area (Å²) in [4.78, 5) is 11.9. The number of nitrogens with one attached hydrogen (secondary N) is 1. The molecular formula is C16H18N4O. The zero-order chi connectivity index (χ0) is 14.5. The lowest BCUT2D eigenvalue weighted by Gasteiger charge is -2.09. The van der Waals surface area contributed by atoms with Crippen molar-refractivity contribution in [1.29, 1.82) is 0 Å². The van der Waals surface area contributed by atoms with Crippen LogP contribution in [-0.4, -0.2) is 20.7 Å². The molecule has 1 aromatic carbocycles. The molecule has 1 aliphatic rings. The molecule has 0 aliphatic heterocycles. The smallest absolute Gasteiger partial charge is 0.220 e. The van der Waals surface area contributed by atoms with Crippen molar-refractivity contribution in [2.24, 2.45) is 5.92 Å². The lowest BCUT2D eigenvalue weighted by atomic mass is 10.1. The van der Waals surface area contributed by atoms with E-state index >= 15 is 0 Å². The van der Waals surface area contributed by atoms with Gasteiger partial charge in [-0.2, -0.15) is 0 Å². The zero-order valence-electron chi connectivity index (χ0n) is 11.8. The first-order valence-electron chi connectivity index (χ1n) is 7.20. The fourth-order valence-electron chi connectivity index (χ4n) is 2.54. The summed E-state index contributed by atoms with van der Waals surface area (Å²) in [6.45, 7) is 0.393. The summed E-state index contributed by atoms with van der Waals surface area (Å²) in [5.41, 5.74) is 0.991. The van der Waals surface area contributed by atoms with Gasteiger partial charge in [0, 0.05) is 12.1 Å². The van der Waals surface area contributed by atoms with Crippen molar-refractivity contribution in [1.82, 2.24) is 20.1 Å². The zero-order valence-corrected chi connectivity index (χ0v) is 11.8. The number of allylic oxidation sites excluding steroid dienone is 2. The van der Waals surface area contributed by atoms with Crippen molar-refractivity contribution in [3.05, 3.63) is 54.6 Å². The second-order valence-corrected chi connectivity index (χ2v) is 5.20. The minimum Gasteiger partial charge on any atom is -0.349 e. The van der Waals surface area contributed by atoms with E-state index in [9.17, 15) is 4.79 Å². The summed E-state index contributed by atoms with van der Waals surface area (Å²) in [6, 6.07) is 9.86. The van der Waals surface area contributed by atoms with Crippen LogP contribution in [0.1, 0.15) is 25.1 Å². The van der Waals surface area contributed by atoms with Crippen LogP contribution in [0, 0.1) is 5.92 Å². The summed E-state index contributed by atoms with van der Waals surface area (Å²) in [7, 11) is 0. The first kappa shape index (κ1) is 13.5. The lowest BCUT2D eigenvalue weighted by Crippen LogP contribution is -2.25. The van der Waals surface area contributed by atoms with Gasteiger partial charge in [-0.1, -0.05) is 30.4 Å². The first-order valence-corrected chi connectivity index (χ1v) is 7.20. The molecule has 1 atom stereocenters.